The summed E-state index contributed by atoms with van der Waals surface area (Å²) < 4.78 is 18.3. The van der Waals surface area contributed by atoms with Gasteiger partial charge in [-0.15, -0.1) is 0 Å². The van der Waals surface area contributed by atoms with Crippen molar-refractivity contribution in [3.8, 4) is 22.9 Å². The number of aryl methyl sites for hydroxylation is 1. The van der Waals surface area contributed by atoms with E-state index < -0.39 is 4.92 Å². The molecule has 0 aliphatic carbocycles. The van der Waals surface area contributed by atoms with Gasteiger partial charge in [-0.05, 0) is 74.1 Å². The van der Waals surface area contributed by atoms with Crippen molar-refractivity contribution in [3.63, 3.8) is 0 Å². The first-order valence-electron chi connectivity index (χ1n) is 12.3. The molecule has 4 aromatic rings. The Balaban J connectivity index is 1.52. The van der Waals surface area contributed by atoms with E-state index >= 15 is 0 Å². The second-order valence-electron chi connectivity index (χ2n) is 9.31. The van der Waals surface area contributed by atoms with Crippen LogP contribution in [0.1, 0.15) is 34.7 Å². The Morgan fingerprint density at radius 3 is 2.67 bits per heavy atom. The van der Waals surface area contributed by atoms with Crippen molar-refractivity contribution in [1.29, 1.82) is 0 Å². The number of rotatable bonds is 6. The van der Waals surface area contributed by atoms with E-state index in [1.165, 1.54) is 13.2 Å². The Kier molecular flexibility index (Phi) is 6.07. The number of fused-ring (bicyclic) bond motifs is 1. The smallest absolute Gasteiger partial charge is 0.296 e. The normalized spacial score (nSPS) is 17.8. The van der Waals surface area contributed by atoms with Gasteiger partial charge < -0.3 is 29.0 Å². The minimum atomic E-state index is -0.391. The van der Waals surface area contributed by atoms with Crippen molar-refractivity contribution in [3.05, 3.63) is 99.6 Å². The van der Waals surface area contributed by atoms with Gasteiger partial charge in [-0.3, -0.25) is 15.1 Å². The Hall–Kier alpha value is -4.64. The lowest BCUT2D eigenvalue weighted by Gasteiger charge is -2.28. The lowest BCUT2D eigenvalue weighted by Crippen LogP contribution is -2.29. The number of ether oxygens (including phenoxy) is 3. The number of thiocarbonyl (C=S) groups is 1. The maximum atomic E-state index is 12.0. The Bertz CT molecular complexity index is 1610. The summed E-state index contributed by atoms with van der Waals surface area (Å²) in [5.74, 6) is 1.75. The highest BCUT2D eigenvalue weighted by atomic mass is 32.1. The van der Waals surface area contributed by atoms with E-state index in [0.717, 1.165) is 28.3 Å². The number of pyridine rings is 1. The van der Waals surface area contributed by atoms with Crippen LogP contribution in [0.3, 0.4) is 0 Å². The largest absolute Gasteiger partial charge is 0.496 e. The minimum Gasteiger partial charge on any atom is -0.496 e. The molecular weight excluding hydrogens is 518 g/mol. The average molecular weight is 544 g/mol. The number of nitrogens with zero attached hydrogens (tertiary/aromatic N) is 4. The van der Waals surface area contributed by atoms with Gasteiger partial charge in [0.15, 0.2) is 16.6 Å². The second kappa shape index (κ2) is 9.59. The monoisotopic (exact) mass is 543 g/mol. The molecule has 0 bridgehead atoms. The van der Waals surface area contributed by atoms with Crippen molar-refractivity contribution < 1.29 is 19.1 Å². The molecule has 1 N–H and O–H groups in total. The van der Waals surface area contributed by atoms with E-state index in [1.807, 2.05) is 59.7 Å². The highest BCUT2D eigenvalue weighted by molar-refractivity contribution is 7.80. The van der Waals surface area contributed by atoms with Crippen LogP contribution < -0.4 is 24.4 Å². The molecule has 1 fully saturated rings. The van der Waals surface area contributed by atoms with Crippen LogP contribution in [0.5, 0.6) is 17.2 Å². The molecule has 10 nitrogen and oxygen atoms in total. The van der Waals surface area contributed by atoms with Crippen molar-refractivity contribution in [1.82, 2.24) is 14.9 Å². The van der Waals surface area contributed by atoms with Gasteiger partial charge in [-0.1, -0.05) is 6.07 Å². The van der Waals surface area contributed by atoms with Crippen LogP contribution in [-0.2, 0) is 0 Å². The number of hydrogen-bond donors (Lipinski definition) is 1. The second-order valence-corrected chi connectivity index (χ2v) is 9.69. The SMILES string of the molecule is COc1ccc(-n2c(C)cc([C@@H]3[C@H](c4ccccn4)NC(=S)N3c3ccc4c(c3)OCO4)c2C)c([N+](=O)[O-])c1. The van der Waals surface area contributed by atoms with Crippen LogP contribution in [0.15, 0.2) is 66.9 Å². The lowest BCUT2D eigenvalue weighted by molar-refractivity contribution is -0.384. The van der Waals surface area contributed by atoms with E-state index in [4.69, 9.17) is 26.4 Å². The molecule has 0 amide bonds. The Labute approximate surface area is 229 Å². The molecule has 39 heavy (non-hydrogen) atoms. The molecule has 4 heterocycles. The summed E-state index contributed by atoms with van der Waals surface area (Å²) >= 11 is 5.87. The molecule has 6 rings (SSSR count). The van der Waals surface area contributed by atoms with Crippen LogP contribution in [0.25, 0.3) is 5.69 Å². The molecule has 0 unspecified atom stereocenters. The number of benzene rings is 2. The van der Waals surface area contributed by atoms with Crippen LogP contribution in [0.2, 0.25) is 0 Å². The lowest BCUT2D eigenvalue weighted by atomic mass is 9.96. The third kappa shape index (κ3) is 4.11. The summed E-state index contributed by atoms with van der Waals surface area (Å²) in [5, 5.41) is 16.0. The van der Waals surface area contributed by atoms with Gasteiger partial charge in [0.2, 0.25) is 6.79 Å². The maximum Gasteiger partial charge on any atom is 0.296 e. The summed E-state index contributed by atoms with van der Waals surface area (Å²) in [6, 6.07) is 17.9. The predicted octanol–water partition coefficient (Wildman–Crippen LogP) is 5.31. The predicted molar refractivity (Wildman–Crippen MR) is 149 cm³/mol. The van der Waals surface area contributed by atoms with Gasteiger partial charge in [-0.2, -0.15) is 0 Å². The molecule has 0 spiro atoms. The summed E-state index contributed by atoms with van der Waals surface area (Å²) in [5.41, 5.74) is 4.73. The molecule has 2 aliphatic rings. The number of anilines is 1. The molecule has 2 aromatic heterocycles. The fraction of sp³-hybridized carbons (Fsp3) is 0.214. The molecule has 198 valence electrons. The maximum absolute atomic E-state index is 12.0. The number of methoxy groups -OCH3 is 1. The topological polar surface area (TPSA) is 104 Å². The van der Waals surface area contributed by atoms with Crippen LogP contribution in [0, 0.1) is 24.0 Å². The zero-order valence-electron chi connectivity index (χ0n) is 21.5. The van der Waals surface area contributed by atoms with Gasteiger partial charge >= 0.3 is 0 Å². The number of nitro benzene ring substituents is 1. The minimum absolute atomic E-state index is 0.0447. The molecule has 0 radical (unpaired) electrons. The summed E-state index contributed by atoms with van der Waals surface area (Å²) in [6.07, 6.45) is 1.75. The number of aromatic nitrogens is 2. The standard InChI is InChI=1S/C28H25N5O5S/c1-16-12-20(17(2)31(16)22-9-8-19(36-3)14-23(22)33(34)35)27-26(21-6-4-5-11-29-21)30-28(39)32(27)18-7-10-24-25(13-18)38-15-37-24/h4-14,26-27H,15H2,1-3H3,(H,30,39)/t26-,27+/m0/s1. The summed E-state index contributed by atoms with van der Waals surface area (Å²) in [4.78, 5) is 18.3. The van der Waals surface area contributed by atoms with E-state index in [2.05, 4.69) is 16.4 Å². The summed E-state index contributed by atoms with van der Waals surface area (Å²) in [7, 11) is 1.49. The fourth-order valence-corrected chi connectivity index (χ4v) is 5.75. The van der Waals surface area contributed by atoms with Crippen molar-refractivity contribution in [2.75, 3.05) is 18.8 Å². The Morgan fingerprint density at radius 2 is 1.92 bits per heavy atom. The molecule has 11 heteroatoms. The molecular formula is C28H25N5O5S. The first kappa shape index (κ1) is 24.7. The van der Waals surface area contributed by atoms with Crippen molar-refractivity contribution in [2.45, 2.75) is 25.9 Å². The van der Waals surface area contributed by atoms with E-state index in [-0.39, 0.29) is 24.6 Å². The van der Waals surface area contributed by atoms with Crippen LogP contribution in [-0.4, -0.2) is 33.5 Å². The zero-order chi connectivity index (χ0) is 27.3. The molecule has 0 saturated carbocycles. The third-order valence-electron chi connectivity index (χ3n) is 7.14. The van der Waals surface area contributed by atoms with E-state index in [9.17, 15) is 10.1 Å². The molecule has 1 saturated heterocycles. The van der Waals surface area contributed by atoms with Gasteiger partial charge in [0.1, 0.15) is 11.4 Å². The first-order valence-corrected chi connectivity index (χ1v) is 12.7. The van der Waals surface area contributed by atoms with Crippen LogP contribution in [0.4, 0.5) is 11.4 Å². The van der Waals surface area contributed by atoms with Crippen LogP contribution >= 0.6 is 12.2 Å². The quantitative estimate of drug-likeness (QED) is 0.197. The number of nitro groups is 1. The first-order chi connectivity index (χ1) is 18.9. The van der Waals surface area contributed by atoms with Gasteiger partial charge in [0.25, 0.3) is 5.69 Å². The molecule has 2 aliphatic heterocycles. The Morgan fingerprint density at radius 1 is 1.10 bits per heavy atom. The van der Waals surface area contributed by atoms with Gasteiger partial charge in [0.05, 0.1) is 35.9 Å². The highest BCUT2D eigenvalue weighted by Gasteiger charge is 2.43. The molecule has 2 aromatic carbocycles. The van der Waals surface area contributed by atoms with E-state index in [0.29, 0.717) is 28.0 Å². The number of hydrogen-bond acceptors (Lipinski definition) is 7. The molecule has 2 atom stereocenters. The van der Waals surface area contributed by atoms with Gasteiger partial charge in [-0.25, -0.2) is 0 Å². The summed E-state index contributed by atoms with van der Waals surface area (Å²) in [6.45, 7) is 4.07. The zero-order valence-corrected chi connectivity index (χ0v) is 22.3. The highest BCUT2D eigenvalue weighted by Crippen LogP contribution is 2.46. The van der Waals surface area contributed by atoms with Crippen molar-refractivity contribution in [2.24, 2.45) is 0 Å². The van der Waals surface area contributed by atoms with Gasteiger partial charge in [0, 0.05) is 29.3 Å². The number of nitrogens with one attached hydrogen (secondary N) is 1. The van der Waals surface area contributed by atoms with E-state index in [1.54, 1.807) is 18.3 Å². The van der Waals surface area contributed by atoms with Crippen molar-refractivity contribution >= 4 is 28.7 Å². The third-order valence-corrected chi connectivity index (χ3v) is 7.46. The average Bonchev–Trinajstić information content (AvgIpc) is 3.63. The fourth-order valence-electron chi connectivity index (χ4n) is 5.41.